The molecular weight excluding hydrogens is 389 g/mol. The normalized spacial score (nSPS) is 18.0. The maximum atomic E-state index is 14.4. The van der Waals surface area contributed by atoms with Crippen molar-refractivity contribution in [3.8, 4) is 6.07 Å². The molecule has 0 saturated carbocycles. The number of benzene rings is 1. The summed E-state index contributed by atoms with van der Waals surface area (Å²) in [5.41, 5.74) is 6.01. The molecular formula is C18H15ClFN5OS. The maximum Gasteiger partial charge on any atom is 0.274 e. The van der Waals surface area contributed by atoms with Gasteiger partial charge in [0.1, 0.15) is 23.1 Å². The maximum absolute atomic E-state index is 14.4. The Balaban J connectivity index is 0.00000261. The number of pyridine rings is 1. The van der Waals surface area contributed by atoms with E-state index < -0.39 is 17.3 Å². The van der Waals surface area contributed by atoms with Crippen LogP contribution in [-0.4, -0.2) is 16.1 Å². The molecule has 0 aliphatic carbocycles. The van der Waals surface area contributed by atoms with Crippen molar-refractivity contribution in [3.63, 3.8) is 0 Å². The summed E-state index contributed by atoms with van der Waals surface area (Å²) in [6.07, 6.45) is 3.06. The molecule has 1 aliphatic heterocycles. The Bertz CT molecular complexity index is 971. The van der Waals surface area contributed by atoms with Crippen LogP contribution in [0.4, 0.5) is 10.1 Å². The van der Waals surface area contributed by atoms with E-state index in [1.165, 1.54) is 48.3 Å². The lowest BCUT2D eigenvalue weighted by molar-refractivity contribution is 0.102. The number of nitriles is 1. The summed E-state index contributed by atoms with van der Waals surface area (Å²) in [5, 5.41) is 13.5. The van der Waals surface area contributed by atoms with Gasteiger partial charge in [-0.1, -0.05) is 11.8 Å². The highest BCUT2D eigenvalue weighted by Gasteiger charge is 2.29. The molecule has 0 saturated heterocycles. The summed E-state index contributed by atoms with van der Waals surface area (Å²) < 4.78 is 14.4. The van der Waals surface area contributed by atoms with Gasteiger partial charge >= 0.3 is 0 Å². The van der Waals surface area contributed by atoms with Gasteiger partial charge in [0.2, 0.25) is 0 Å². The molecule has 1 amide bonds. The zero-order valence-corrected chi connectivity index (χ0v) is 15.8. The van der Waals surface area contributed by atoms with Crippen LogP contribution in [0.1, 0.15) is 28.5 Å². The second-order valence-electron chi connectivity index (χ2n) is 5.71. The van der Waals surface area contributed by atoms with Gasteiger partial charge in [-0.3, -0.25) is 4.79 Å². The zero-order chi connectivity index (χ0) is 18.7. The molecule has 0 fully saturated rings. The summed E-state index contributed by atoms with van der Waals surface area (Å²) in [7, 11) is 0. The van der Waals surface area contributed by atoms with Crippen molar-refractivity contribution >= 4 is 40.9 Å². The van der Waals surface area contributed by atoms with Crippen LogP contribution in [-0.2, 0) is 5.54 Å². The van der Waals surface area contributed by atoms with E-state index in [-0.39, 0.29) is 18.1 Å². The number of aliphatic imine (C=N–C) groups is 1. The Morgan fingerprint density at radius 2 is 2.15 bits per heavy atom. The van der Waals surface area contributed by atoms with Crippen molar-refractivity contribution in [3.05, 3.63) is 70.7 Å². The van der Waals surface area contributed by atoms with Gasteiger partial charge in [-0.05, 0) is 48.7 Å². The van der Waals surface area contributed by atoms with Crippen molar-refractivity contribution < 1.29 is 9.18 Å². The summed E-state index contributed by atoms with van der Waals surface area (Å²) in [5.74, 6) is -0.912. The first-order valence-corrected chi connectivity index (χ1v) is 8.46. The van der Waals surface area contributed by atoms with Gasteiger partial charge < -0.3 is 11.1 Å². The van der Waals surface area contributed by atoms with Crippen LogP contribution in [0.2, 0.25) is 0 Å². The van der Waals surface area contributed by atoms with Crippen LogP contribution in [0.5, 0.6) is 0 Å². The third kappa shape index (κ3) is 4.45. The number of carbonyl (C=O) groups excluding carboxylic acids is 1. The number of nitrogens with zero attached hydrogens (tertiary/aromatic N) is 3. The van der Waals surface area contributed by atoms with E-state index in [4.69, 9.17) is 11.0 Å². The SMILES string of the molecule is CC1(c2cc(NC(=O)c3ccc(C#N)cn3)ccc2F)C=CSC(N)=N1.Cl. The average Bonchev–Trinajstić information content (AvgIpc) is 2.63. The minimum atomic E-state index is -0.952. The molecule has 3 N–H and O–H groups in total. The van der Waals surface area contributed by atoms with Crippen LogP contribution >= 0.6 is 24.2 Å². The zero-order valence-electron chi connectivity index (χ0n) is 14.1. The van der Waals surface area contributed by atoms with Crippen molar-refractivity contribution in [1.29, 1.82) is 5.26 Å². The van der Waals surface area contributed by atoms with E-state index in [0.717, 1.165) is 0 Å². The predicted molar refractivity (Wildman–Crippen MR) is 106 cm³/mol. The van der Waals surface area contributed by atoms with Gasteiger partial charge in [-0.15, -0.1) is 12.4 Å². The van der Waals surface area contributed by atoms with Crippen LogP contribution < -0.4 is 11.1 Å². The standard InChI is InChI=1S/C18H14FN5OS.ClH/c1-18(6-7-26-17(21)24-18)13-8-12(3-4-14(13)19)23-16(25)15-5-2-11(9-20)10-22-15;/h2-8,10H,1H3,(H2,21,24)(H,23,25);1H. The highest BCUT2D eigenvalue weighted by atomic mass is 35.5. The van der Waals surface area contributed by atoms with Gasteiger partial charge in [0, 0.05) is 17.4 Å². The fraction of sp³-hybridized carbons (Fsp3) is 0.111. The van der Waals surface area contributed by atoms with Crippen LogP contribution in [0.3, 0.4) is 0 Å². The van der Waals surface area contributed by atoms with E-state index in [2.05, 4.69) is 15.3 Å². The third-order valence-electron chi connectivity index (χ3n) is 3.82. The molecule has 2 aromatic rings. The Hall–Kier alpha value is -2.89. The molecule has 0 spiro atoms. The number of carbonyl (C=O) groups is 1. The van der Waals surface area contributed by atoms with Crippen LogP contribution in [0.15, 0.2) is 53.0 Å². The fourth-order valence-electron chi connectivity index (χ4n) is 2.46. The second-order valence-corrected chi connectivity index (χ2v) is 6.64. The van der Waals surface area contributed by atoms with E-state index in [9.17, 15) is 9.18 Å². The highest BCUT2D eigenvalue weighted by Crippen LogP contribution is 2.35. The number of nitrogens with two attached hydrogens (primary N) is 1. The molecule has 0 radical (unpaired) electrons. The first-order valence-electron chi connectivity index (χ1n) is 7.58. The first-order chi connectivity index (χ1) is 12.4. The van der Waals surface area contributed by atoms with E-state index in [1.54, 1.807) is 18.4 Å². The van der Waals surface area contributed by atoms with E-state index in [0.29, 0.717) is 22.0 Å². The highest BCUT2D eigenvalue weighted by molar-refractivity contribution is 8.16. The largest absolute Gasteiger partial charge is 0.378 e. The number of hydrogen-bond donors (Lipinski definition) is 2. The topological polar surface area (TPSA) is 104 Å². The summed E-state index contributed by atoms with van der Waals surface area (Å²) in [6, 6.07) is 9.13. The molecule has 2 heterocycles. The second kappa shape index (κ2) is 8.20. The molecule has 1 aromatic heterocycles. The van der Waals surface area contributed by atoms with Crippen molar-refractivity contribution in [1.82, 2.24) is 4.98 Å². The summed E-state index contributed by atoms with van der Waals surface area (Å²) in [4.78, 5) is 20.6. The predicted octanol–water partition coefficient (Wildman–Crippen LogP) is 3.56. The third-order valence-corrected chi connectivity index (χ3v) is 4.42. The lowest BCUT2D eigenvalue weighted by Gasteiger charge is -2.26. The van der Waals surface area contributed by atoms with Gasteiger partial charge in [0.15, 0.2) is 5.17 Å². The number of amides is 1. The average molecular weight is 404 g/mol. The number of halogens is 2. The van der Waals surface area contributed by atoms with Gasteiger partial charge in [-0.25, -0.2) is 14.4 Å². The Morgan fingerprint density at radius 1 is 1.37 bits per heavy atom. The van der Waals surface area contributed by atoms with Crippen LogP contribution in [0.25, 0.3) is 0 Å². The molecule has 6 nitrogen and oxygen atoms in total. The van der Waals surface area contributed by atoms with Crippen molar-refractivity contribution in [2.24, 2.45) is 10.7 Å². The molecule has 27 heavy (non-hydrogen) atoms. The van der Waals surface area contributed by atoms with E-state index in [1.807, 2.05) is 6.07 Å². The summed E-state index contributed by atoms with van der Waals surface area (Å²) in [6.45, 7) is 1.74. The quantitative estimate of drug-likeness (QED) is 0.815. The molecule has 1 atom stereocenters. The molecule has 3 rings (SSSR count). The molecule has 138 valence electrons. The Labute approximate surface area is 165 Å². The van der Waals surface area contributed by atoms with Gasteiger partial charge in [0.25, 0.3) is 5.91 Å². The lowest BCUT2D eigenvalue weighted by atomic mass is 9.92. The lowest BCUT2D eigenvalue weighted by Crippen LogP contribution is -2.25. The summed E-state index contributed by atoms with van der Waals surface area (Å²) >= 11 is 1.26. The number of thioether (sulfide) groups is 1. The first kappa shape index (κ1) is 20.4. The van der Waals surface area contributed by atoms with Crippen molar-refractivity contribution in [2.75, 3.05) is 5.32 Å². The van der Waals surface area contributed by atoms with Gasteiger partial charge in [-0.2, -0.15) is 5.26 Å². The van der Waals surface area contributed by atoms with Crippen LogP contribution in [0, 0.1) is 17.1 Å². The Morgan fingerprint density at radius 3 is 2.78 bits per heavy atom. The number of anilines is 1. The number of rotatable bonds is 3. The minimum Gasteiger partial charge on any atom is -0.378 e. The number of hydrogen-bond acceptors (Lipinski definition) is 6. The Kier molecular flexibility index (Phi) is 6.20. The minimum absolute atomic E-state index is 0. The molecule has 1 aliphatic rings. The molecule has 0 bridgehead atoms. The number of amidine groups is 1. The van der Waals surface area contributed by atoms with E-state index >= 15 is 0 Å². The molecule has 9 heteroatoms. The fourth-order valence-corrected chi connectivity index (χ4v) is 3.17. The smallest absolute Gasteiger partial charge is 0.274 e. The number of nitrogens with one attached hydrogen (secondary N) is 1. The van der Waals surface area contributed by atoms with Crippen molar-refractivity contribution in [2.45, 2.75) is 12.5 Å². The number of aromatic nitrogens is 1. The van der Waals surface area contributed by atoms with Gasteiger partial charge in [0.05, 0.1) is 5.56 Å². The molecule has 1 unspecified atom stereocenters. The monoisotopic (exact) mass is 403 g/mol. The molecule has 1 aromatic carbocycles.